The number of amides is 2. The summed E-state index contributed by atoms with van der Waals surface area (Å²) >= 11 is 0. The Bertz CT molecular complexity index is 1170. The van der Waals surface area contributed by atoms with Crippen molar-refractivity contribution in [3.05, 3.63) is 29.8 Å². The zero-order chi connectivity index (χ0) is 28.7. The predicted molar refractivity (Wildman–Crippen MR) is 139 cm³/mol. The molecule has 15 nitrogen and oxygen atoms in total. The molecule has 2 rings (SSSR count). The normalized spacial score (nSPS) is 13.4. The Labute approximate surface area is 225 Å². The van der Waals surface area contributed by atoms with E-state index in [4.69, 9.17) is 15.6 Å². The second kappa shape index (κ2) is 16.3. The molecule has 1 heterocycles. The standard InChI is InChI=1S/C23H33N7O8S/c24-15-26-18(20(31)12-23(34)35)4-1-2-10-25-21(32)5-3-11-39(36,37)29-22(33)14-38-17-8-6-16(7-9-17)19-13-27-30-28-19/h6-9,18,26H,1-5,10-15,24H2,(H,25,32)(H,29,33)(H,34,35)/t18-/m0/s1. The number of aliphatic carboxylic acids is 1. The highest BCUT2D eigenvalue weighted by Crippen LogP contribution is 2.14. The van der Waals surface area contributed by atoms with Gasteiger partial charge in [0.25, 0.3) is 5.91 Å². The Morgan fingerprint density at radius 3 is 2.46 bits per heavy atom. The van der Waals surface area contributed by atoms with E-state index in [1.54, 1.807) is 24.3 Å². The number of unbranched alkanes of at least 4 members (excludes halogenated alkanes) is 1. The Morgan fingerprint density at radius 1 is 1.08 bits per heavy atom. The summed E-state index contributed by atoms with van der Waals surface area (Å²) in [6.45, 7) is 0.218. The minimum atomic E-state index is -3.95. The summed E-state index contributed by atoms with van der Waals surface area (Å²) in [4.78, 5) is 46.5. The van der Waals surface area contributed by atoms with E-state index in [2.05, 4.69) is 26.1 Å². The number of hydrogen-bond donors (Lipinski definition) is 5. The molecule has 0 saturated heterocycles. The van der Waals surface area contributed by atoms with Crippen LogP contribution in [0.4, 0.5) is 0 Å². The van der Waals surface area contributed by atoms with Crippen LogP contribution in [0, 0.1) is 0 Å². The number of carbonyl (C=O) groups excluding carboxylic acids is 3. The summed E-state index contributed by atoms with van der Waals surface area (Å²) in [6.07, 6.45) is 0.798. The summed E-state index contributed by atoms with van der Waals surface area (Å²) in [5, 5.41) is 25.3. The topological polar surface area (TPSA) is 231 Å². The van der Waals surface area contributed by atoms with E-state index < -0.39 is 52.5 Å². The van der Waals surface area contributed by atoms with Gasteiger partial charge in [0, 0.05) is 25.2 Å². The zero-order valence-corrected chi connectivity index (χ0v) is 22.1. The average molecular weight is 568 g/mol. The number of nitrogens with two attached hydrogens (primary N) is 1. The second-order valence-corrected chi connectivity index (χ2v) is 10.4. The molecule has 0 aliphatic carbocycles. The molecule has 0 radical (unpaired) electrons. The number of carboxylic acid groups (broad SMARTS) is 1. The molecular weight excluding hydrogens is 534 g/mol. The third-order valence-corrected chi connectivity index (χ3v) is 6.78. The van der Waals surface area contributed by atoms with E-state index in [1.807, 2.05) is 4.72 Å². The minimum Gasteiger partial charge on any atom is -0.484 e. The third-order valence-electron chi connectivity index (χ3n) is 5.41. The van der Waals surface area contributed by atoms with Crippen LogP contribution >= 0.6 is 0 Å². The molecule has 1 aromatic rings. The number of ether oxygens (including phenoxy) is 1. The number of sulfonamides is 1. The molecule has 6 N–H and O–H groups in total. The van der Waals surface area contributed by atoms with Crippen LogP contribution in [0.25, 0.3) is 0 Å². The van der Waals surface area contributed by atoms with Gasteiger partial charge >= 0.3 is 5.97 Å². The second-order valence-electron chi connectivity index (χ2n) is 8.54. The molecule has 1 atom stereocenters. The molecule has 1 aromatic carbocycles. The number of Topliss-reactive ketones (excluding diaryl/α,β-unsaturated/α-hetero) is 1. The van der Waals surface area contributed by atoms with Crippen molar-refractivity contribution < 1.29 is 37.4 Å². The number of ketones is 1. The van der Waals surface area contributed by atoms with Crippen LogP contribution in [0.1, 0.15) is 44.1 Å². The first-order valence-electron chi connectivity index (χ1n) is 12.2. The average Bonchev–Trinajstić information content (AvgIpc) is 3.41. The minimum absolute atomic E-state index is 0.00537. The van der Waals surface area contributed by atoms with E-state index in [9.17, 15) is 27.6 Å². The first-order chi connectivity index (χ1) is 18.6. The van der Waals surface area contributed by atoms with Crippen molar-refractivity contribution in [2.24, 2.45) is 21.2 Å². The van der Waals surface area contributed by atoms with Crippen molar-refractivity contribution in [3.8, 4) is 5.75 Å². The van der Waals surface area contributed by atoms with Gasteiger partial charge in [-0.3, -0.25) is 29.2 Å². The lowest BCUT2D eigenvalue weighted by Crippen LogP contribution is -2.40. The number of nitrogens with zero attached hydrogens (tertiary/aromatic N) is 3. The first kappa shape index (κ1) is 31.5. The Morgan fingerprint density at radius 2 is 1.82 bits per heavy atom. The predicted octanol–water partition coefficient (Wildman–Crippen LogP) is -0.334. The lowest BCUT2D eigenvalue weighted by Gasteiger charge is -2.15. The highest BCUT2D eigenvalue weighted by atomic mass is 32.2. The molecule has 1 aliphatic rings. The van der Waals surface area contributed by atoms with Crippen molar-refractivity contribution in [2.45, 2.75) is 44.6 Å². The van der Waals surface area contributed by atoms with E-state index >= 15 is 0 Å². The van der Waals surface area contributed by atoms with Crippen molar-refractivity contribution in [3.63, 3.8) is 0 Å². The summed E-state index contributed by atoms with van der Waals surface area (Å²) in [6, 6.07) is 6.02. The van der Waals surface area contributed by atoms with Crippen LogP contribution in [0.15, 0.2) is 39.7 Å². The van der Waals surface area contributed by atoms with Crippen LogP contribution in [0.5, 0.6) is 5.75 Å². The fraction of sp³-hybridized carbons (Fsp3) is 0.522. The maximum atomic E-state index is 12.1. The lowest BCUT2D eigenvalue weighted by molar-refractivity contribution is -0.140. The molecule has 2 amide bonds. The van der Waals surface area contributed by atoms with Crippen molar-refractivity contribution in [1.82, 2.24) is 15.4 Å². The maximum Gasteiger partial charge on any atom is 0.310 e. The fourth-order valence-corrected chi connectivity index (χ4v) is 4.55. The van der Waals surface area contributed by atoms with Gasteiger partial charge in [-0.05, 0) is 55.2 Å². The number of rotatable bonds is 19. The molecule has 16 heteroatoms. The Kier molecular flexibility index (Phi) is 13.1. The van der Waals surface area contributed by atoms with Gasteiger partial charge in [-0.1, -0.05) is 0 Å². The van der Waals surface area contributed by atoms with Crippen LogP contribution in [0.3, 0.4) is 0 Å². The summed E-state index contributed by atoms with van der Waals surface area (Å²) in [5.74, 6) is -2.92. The van der Waals surface area contributed by atoms with Gasteiger partial charge in [0.05, 0.1) is 17.5 Å². The number of nitrogens with one attached hydrogen (secondary N) is 3. The van der Waals surface area contributed by atoms with Crippen LogP contribution in [-0.4, -0.2) is 81.0 Å². The molecule has 0 spiro atoms. The largest absolute Gasteiger partial charge is 0.484 e. The SMILES string of the molecule is NCN[C@@H](CCCCNC(=O)CCCS(=O)(=O)NC(=O)COc1ccc(C2=NN=NC2)cc1)C(=O)CC(=O)O. The van der Waals surface area contributed by atoms with Gasteiger partial charge < -0.3 is 20.9 Å². The number of benzene rings is 1. The maximum absolute atomic E-state index is 12.1. The molecular formula is C23H33N7O8S. The van der Waals surface area contributed by atoms with Crippen molar-refractivity contribution in [1.29, 1.82) is 0 Å². The van der Waals surface area contributed by atoms with E-state index in [1.165, 1.54) is 0 Å². The molecule has 0 fully saturated rings. The summed E-state index contributed by atoms with van der Waals surface area (Å²) in [5.41, 5.74) is 6.90. The quantitative estimate of drug-likeness (QED) is 0.0829. The number of carbonyl (C=O) groups is 4. The van der Waals surface area contributed by atoms with Crippen LogP contribution in [0.2, 0.25) is 0 Å². The van der Waals surface area contributed by atoms with Gasteiger partial charge in [-0.25, -0.2) is 8.42 Å². The van der Waals surface area contributed by atoms with E-state index in [0.29, 0.717) is 43.8 Å². The summed E-state index contributed by atoms with van der Waals surface area (Å²) < 4.78 is 31.5. The number of hydrogen-bond acceptors (Lipinski definition) is 12. The van der Waals surface area contributed by atoms with Gasteiger partial charge in [0.1, 0.15) is 18.7 Å². The lowest BCUT2D eigenvalue weighted by atomic mass is 10.0. The van der Waals surface area contributed by atoms with Crippen molar-refractivity contribution in [2.75, 3.05) is 32.1 Å². The van der Waals surface area contributed by atoms with E-state index in [0.717, 1.165) is 5.56 Å². The Hall–Kier alpha value is -3.76. The first-order valence-corrected chi connectivity index (χ1v) is 13.9. The molecule has 1 aliphatic heterocycles. The Balaban J connectivity index is 1.59. The molecule has 214 valence electrons. The highest BCUT2D eigenvalue weighted by Gasteiger charge is 2.20. The van der Waals surface area contributed by atoms with Crippen LogP contribution < -0.4 is 25.8 Å². The van der Waals surface area contributed by atoms with Crippen molar-refractivity contribution >= 4 is 39.3 Å². The molecule has 0 bridgehead atoms. The third kappa shape index (κ3) is 12.6. The van der Waals surface area contributed by atoms with E-state index in [-0.39, 0.29) is 25.4 Å². The van der Waals surface area contributed by atoms with Gasteiger partial charge in [-0.15, -0.1) is 5.10 Å². The molecule has 0 saturated carbocycles. The zero-order valence-electron chi connectivity index (χ0n) is 21.3. The fourth-order valence-electron chi connectivity index (χ4n) is 3.52. The number of carboxylic acids is 1. The van der Waals surface area contributed by atoms with Crippen LogP contribution in [-0.2, 0) is 29.2 Å². The summed E-state index contributed by atoms with van der Waals surface area (Å²) in [7, 11) is -3.95. The van der Waals surface area contributed by atoms with Gasteiger partial charge in [-0.2, -0.15) is 5.11 Å². The highest BCUT2D eigenvalue weighted by molar-refractivity contribution is 7.90. The smallest absolute Gasteiger partial charge is 0.310 e. The molecule has 39 heavy (non-hydrogen) atoms. The monoisotopic (exact) mass is 567 g/mol. The van der Waals surface area contributed by atoms with Gasteiger partial charge in [0.15, 0.2) is 12.4 Å². The van der Waals surface area contributed by atoms with Gasteiger partial charge in [0.2, 0.25) is 15.9 Å². The molecule has 0 unspecified atom stereocenters. The molecule has 0 aromatic heterocycles.